The van der Waals surface area contributed by atoms with E-state index in [-0.39, 0.29) is 5.17 Å². The topological polar surface area (TPSA) is 61.3 Å². The van der Waals surface area contributed by atoms with Crippen molar-refractivity contribution < 1.29 is 4.74 Å². The second-order valence-corrected chi connectivity index (χ2v) is 1.56. The molecule has 0 spiro atoms. The molecule has 0 aliphatic rings. The molecule has 56 valence electrons. The molecule has 0 atom stereocenters. The summed E-state index contributed by atoms with van der Waals surface area (Å²) >= 11 is 4.35. The van der Waals surface area contributed by atoms with Crippen LogP contribution in [0.1, 0.15) is 13.8 Å². The van der Waals surface area contributed by atoms with Gasteiger partial charge in [-0.2, -0.15) is 0 Å². The van der Waals surface area contributed by atoms with Gasteiger partial charge in [0.05, 0.1) is 6.61 Å². The maximum Gasteiger partial charge on any atom is 0.253 e. The van der Waals surface area contributed by atoms with Crippen LogP contribution >= 0.6 is 12.2 Å². The molecule has 0 bridgehead atoms. The van der Waals surface area contributed by atoms with Gasteiger partial charge in [0.25, 0.3) is 5.17 Å². The van der Waals surface area contributed by atoms with Gasteiger partial charge in [-0.3, -0.25) is 0 Å². The summed E-state index contributed by atoms with van der Waals surface area (Å²) < 4.78 is 4.55. The van der Waals surface area contributed by atoms with Crippen molar-refractivity contribution in [3.05, 3.63) is 0 Å². The maximum absolute atomic E-state index is 4.91. The van der Waals surface area contributed by atoms with Crippen LogP contribution in [-0.4, -0.2) is 18.3 Å². The molecule has 0 fully saturated rings. The van der Waals surface area contributed by atoms with Gasteiger partial charge in [-0.05, 0) is 25.7 Å². The summed E-state index contributed by atoms with van der Waals surface area (Å²) in [4.78, 5) is 0. The van der Waals surface area contributed by atoms with Crippen LogP contribution in [0.2, 0.25) is 0 Å². The van der Waals surface area contributed by atoms with E-state index in [1.807, 2.05) is 13.8 Å². The van der Waals surface area contributed by atoms with Crippen LogP contribution in [0.4, 0.5) is 0 Å². The Labute approximate surface area is 61.4 Å². The largest absolute Gasteiger partial charge is 0.472 e. The molecule has 0 aromatic heterocycles. The Balaban J connectivity index is 0. The van der Waals surface area contributed by atoms with Gasteiger partial charge < -0.3 is 16.2 Å². The predicted molar refractivity (Wildman–Crippen MR) is 43.1 cm³/mol. The van der Waals surface area contributed by atoms with E-state index in [2.05, 4.69) is 17.0 Å². The summed E-state index contributed by atoms with van der Waals surface area (Å²) in [6, 6.07) is 0. The lowest BCUT2D eigenvalue weighted by Gasteiger charge is -1.93. The number of hydrogen-bond acceptors (Lipinski definition) is 3. The molecule has 0 aromatic rings. The van der Waals surface area contributed by atoms with Crippen LogP contribution < -0.4 is 11.5 Å². The molecule has 3 nitrogen and oxygen atoms in total. The van der Waals surface area contributed by atoms with Gasteiger partial charge in [-0.1, -0.05) is 6.92 Å². The molecule has 0 aliphatic carbocycles. The first kappa shape index (κ1) is 11.4. The van der Waals surface area contributed by atoms with E-state index in [9.17, 15) is 0 Å². The smallest absolute Gasteiger partial charge is 0.253 e. The van der Waals surface area contributed by atoms with Crippen LogP contribution in [0.5, 0.6) is 0 Å². The molecule has 4 heteroatoms. The third-order valence-corrected chi connectivity index (χ3v) is 0.404. The molecule has 0 rings (SSSR count). The average molecular weight is 150 g/mol. The number of rotatable bonds is 1. The molecule has 0 unspecified atom stereocenters. The van der Waals surface area contributed by atoms with E-state index in [1.165, 1.54) is 0 Å². The van der Waals surface area contributed by atoms with E-state index in [0.29, 0.717) is 6.61 Å². The fraction of sp³-hybridized carbons (Fsp3) is 0.800. The Kier molecular flexibility index (Phi) is 13.5. The zero-order valence-corrected chi connectivity index (χ0v) is 6.70. The Morgan fingerprint density at radius 1 is 1.56 bits per heavy atom. The van der Waals surface area contributed by atoms with Crippen molar-refractivity contribution in [1.82, 2.24) is 0 Å². The molecule has 0 radical (unpaired) electrons. The minimum atomic E-state index is 0.123. The molecule has 9 heavy (non-hydrogen) atoms. The minimum absolute atomic E-state index is 0.123. The fourth-order valence-corrected chi connectivity index (χ4v) is 0.260. The summed E-state index contributed by atoms with van der Waals surface area (Å²) in [5.74, 6) is 0. The highest BCUT2D eigenvalue weighted by Gasteiger charge is 1.76. The lowest BCUT2D eigenvalue weighted by atomic mass is 10.8. The Bertz CT molecular complexity index is 68.0. The highest BCUT2D eigenvalue weighted by Crippen LogP contribution is 1.67. The van der Waals surface area contributed by atoms with Gasteiger partial charge in [0.15, 0.2) is 0 Å². The van der Waals surface area contributed by atoms with E-state index in [1.54, 1.807) is 0 Å². The summed E-state index contributed by atoms with van der Waals surface area (Å²) in [5.41, 5.74) is 9.76. The van der Waals surface area contributed by atoms with Gasteiger partial charge >= 0.3 is 0 Å². The first-order valence-corrected chi connectivity index (χ1v) is 3.22. The standard InChI is InChI=1S/C3H7NOS.C2H7N/c1-2-5-3(4)6;1-2-3/h2H2,1H3,(H2,4,6);2-3H2,1H3. The van der Waals surface area contributed by atoms with Gasteiger partial charge in [0, 0.05) is 0 Å². The van der Waals surface area contributed by atoms with Crippen molar-refractivity contribution in [2.45, 2.75) is 13.8 Å². The molecular weight excluding hydrogens is 136 g/mol. The van der Waals surface area contributed by atoms with Crippen molar-refractivity contribution in [3.63, 3.8) is 0 Å². The van der Waals surface area contributed by atoms with E-state index in [0.717, 1.165) is 6.54 Å². The van der Waals surface area contributed by atoms with Crippen molar-refractivity contribution >= 4 is 17.4 Å². The van der Waals surface area contributed by atoms with Crippen molar-refractivity contribution in [2.75, 3.05) is 13.2 Å². The zero-order valence-electron chi connectivity index (χ0n) is 5.89. The van der Waals surface area contributed by atoms with Gasteiger partial charge in [0.2, 0.25) is 0 Å². The third-order valence-electron chi connectivity index (χ3n) is 0.287. The molecule has 0 aliphatic heterocycles. The Hall–Kier alpha value is -0.350. The first-order chi connectivity index (χ1) is 4.18. The van der Waals surface area contributed by atoms with Crippen molar-refractivity contribution in [2.24, 2.45) is 11.5 Å². The van der Waals surface area contributed by atoms with E-state index in [4.69, 9.17) is 11.5 Å². The molecule has 0 saturated heterocycles. The quantitative estimate of drug-likeness (QED) is 0.525. The van der Waals surface area contributed by atoms with Crippen LogP contribution in [0.3, 0.4) is 0 Å². The lowest BCUT2D eigenvalue weighted by molar-refractivity contribution is 0.331. The average Bonchev–Trinajstić information content (AvgIpc) is 1.67. The summed E-state index contributed by atoms with van der Waals surface area (Å²) in [7, 11) is 0. The third kappa shape index (κ3) is 34.8. The highest BCUT2D eigenvalue weighted by atomic mass is 32.1. The molecule has 0 heterocycles. The normalized spacial score (nSPS) is 7.00. The van der Waals surface area contributed by atoms with Crippen molar-refractivity contribution in [3.8, 4) is 0 Å². The molecule has 0 amide bonds. The highest BCUT2D eigenvalue weighted by molar-refractivity contribution is 7.80. The summed E-state index contributed by atoms with van der Waals surface area (Å²) in [6.07, 6.45) is 0. The van der Waals surface area contributed by atoms with Crippen LogP contribution in [-0.2, 0) is 4.74 Å². The number of nitrogens with two attached hydrogens (primary N) is 2. The van der Waals surface area contributed by atoms with Crippen LogP contribution in [0.25, 0.3) is 0 Å². The number of hydrogen-bond donors (Lipinski definition) is 2. The van der Waals surface area contributed by atoms with Gasteiger partial charge in [-0.25, -0.2) is 0 Å². The molecular formula is C5H14N2OS. The van der Waals surface area contributed by atoms with Gasteiger partial charge in [-0.15, -0.1) is 0 Å². The van der Waals surface area contributed by atoms with Crippen molar-refractivity contribution in [1.29, 1.82) is 0 Å². The Morgan fingerprint density at radius 2 is 1.89 bits per heavy atom. The maximum atomic E-state index is 4.91. The fourth-order valence-electron chi connectivity index (χ4n) is 0.142. The zero-order chi connectivity index (χ0) is 7.70. The molecule has 0 aromatic carbocycles. The number of thiocarbonyl (C=S) groups is 1. The van der Waals surface area contributed by atoms with Gasteiger partial charge in [0.1, 0.15) is 0 Å². The summed E-state index contributed by atoms with van der Waals surface area (Å²) in [5, 5.41) is 0.123. The second-order valence-electron chi connectivity index (χ2n) is 1.16. The molecule has 4 N–H and O–H groups in total. The SMILES string of the molecule is CCN.CCOC(N)=S. The monoisotopic (exact) mass is 150 g/mol. The predicted octanol–water partition coefficient (Wildman–Crippen LogP) is 0.232. The second kappa shape index (κ2) is 10.6. The molecule has 0 saturated carbocycles. The lowest BCUT2D eigenvalue weighted by Crippen LogP contribution is -2.11. The first-order valence-electron chi connectivity index (χ1n) is 2.81. The minimum Gasteiger partial charge on any atom is -0.472 e. The Morgan fingerprint density at radius 3 is 1.89 bits per heavy atom. The summed E-state index contributed by atoms with van der Waals surface area (Å²) in [6.45, 7) is 5.05. The van der Waals surface area contributed by atoms with E-state index >= 15 is 0 Å². The van der Waals surface area contributed by atoms with Crippen LogP contribution in [0, 0.1) is 0 Å². The van der Waals surface area contributed by atoms with Crippen LogP contribution in [0.15, 0.2) is 0 Å². The number of ether oxygens (including phenoxy) is 1. The van der Waals surface area contributed by atoms with E-state index < -0.39 is 0 Å².